The molecule has 0 aliphatic carbocycles. The molecule has 38 heavy (non-hydrogen) atoms. The van der Waals surface area contributed by atoms with Crippen LogP contribution < -0.4 is 18.6 Å². The molecule has 186 valence electrons. The average Bonchev–Trinajstić information content (AvgIpc) is 2.95. The third-order valence-electron chi connectivity index (χ3n) is 7.25. The van der Waals surface area contributed by atoms with E-state index in [9.17, 15) is 0 Å². The van der Waals surface area contributed by atoms with Gasteiger partial charge in [-0.15, -0.1) is 0 Å². The predicted molar refractivity (Wildman–Crippen MR) is 156 cm³/mol. The van der Waals surface area contributed by atoms with Gasteiger partial charge in [-0.3, -0.25) is 0 Å². The van der Waals surface area contributed by atoms with Crippen LogP contribution in [-0.4, -0.2) is 14.2 Å². The number of rotatable bonds is 6. The van der Waals surface area contributed by atoms with Crippen molar-refractivity contribution in [2.24, 2.45) is 14.1 Å². The van der Waals surface area contributed by atoms with Gasteiger partial charge < -0.3 is 9.47 Å². The third-order valence-corrected chi connectivity index (χ3v) is 7.25. The number of nitrogens with zero attached hydrogens (tertiary/aromatic N) is 2. The Kier molecular flexibility index (Phi) is 6.01. The molecule has 0 saturated heterocycles. The quantitative estimate of drug-likeness (QED) is 0.191. The molecule has 0 aliphatic rings. The Morgan fingerprint density at radius 1 is 0.500 bits per heavy atom. The molecule has 6 rings (SSSR count). The van der Waals surface area contributed by atoms with Crippen LogP contribution in [0.25, 0.3) is 56.6 Å². The minimum atomic E-state index is 0.864. The molecule has 0 aliphatic heterocycles. The predicted octanol–water partition coefficient (Wildman–Crippen LogP) is 6.59. The van der Waals surface area contributed by atoms with Gasteiger partial charge in [0.25, 0.3) is 0 Å². The molecule has 2 aromatic heterocycles. The first-order valence-corrected chi connectivity index (χ1v) is 12.7. The topological polar surface area (TPSA) is 26.2 Å². The zero-order valence-electron chi connectivity index (χ0n) is 22.1. The summed E-state index contributed by atoms with van der Waals surface area (Å²) >= 11 is 0. The molecule has 0 bridgehead atoms. The summed E-state index contributed by atoms with van der Waals surface area (Å²) in [4.78, 5) is 0. The van der Waals surface area contributed by atoms with Crippen LogP contribution in [0.2, 0.25) is 0 Å². The minimum absolute atomic E-state index is 0.864. The number of hydrogen-bond acceptors (Lipinski definition) is 2. The summed E-state index contributed by atoms with van der Waals surface area (Å²) in [5, 5.41) is 6.97. The first kappa shape index (κ1) is 23.7. The molecule has 0 spiro atoms. The van der Waals surface area contributed by atoms with Gasteiger partial charge in [-0.25, -0.2) is 9.13 Å². The monoisotopic (exact) mass is 498 g/mol. The van der Waals surface area contributed by atoms with Gasteiger partial charge in [-0.2, -0.15) is 0 Å². The SMILES string of the molecule is COc1cc(/C=C/c2cc[n+](C)cc2)c2ccc3c(OC)cc(/C=C/c4cc[n+](C)cc4)c4ccc1c2c43. The highest BCUT2D eigenvalue weighted by Crippen LogP contribution is 2.44. The Bertz CT molecular complexity index is 1700. The molecule has 0 fully saturated rings. The van der Waals surface area contributed by atoms with Crippen molar-refractivity contribution in [2.45, 2.75) is 0 Å². The fraction of sp³-hybridized carbons (Fsp3) is 0.118. The van der Waals surface area contributed by atoms with Crippen LogP contribution in [0.3, 0.4) is 0 Å². The molecule has 0 atom stereocenters. The van der Waals surface area contributed by atoms with Crippen molar-refractivity contribution in [3.8, 4) is 11.5 Å². The van der Waals surface area contributed by atoms with Crippen LogP contribution in [0.15, 0.2) is 85.5 Å². The number of benzene rings is 4. The summed E-state index contributed by atoms with van der Waals surface area (Å²) in [5.41, 5.74) is 4.54. The molecule has 0 saturated carbocycles. The van der Waals surface area contributed by atoms with E-state index in [0.717, 1.165) is 44.5 Å². The Morgan fingerprint density at radius 3 is 1.24 bits per heavy atom. The van der Waals surface area contributed by atoms with Gasteiger partial charge in [-0.1, -0.05) is 36.4 Å². The van der Waals surface area contributed by atoms with E-state index in [4.69, 9.17) is 9.47 Å². The van der Waals surface area contributed by atoms with Crippen LogP contribution >= 0.6 is 0 Å². The zero-order chi connectivity index (χ0) is 26.2. The summed E-state index contributed by atoms with van der Waals surface area (Å²) in [7, 11) is 7.53. The maximum absolute atomic E-state index is 5.90. The first-order valence-electron chi connectivity index (χ1n) is 12.7. The molecule has 0 N–H and O–H groups in total. The summed E-state index contributed by atoms with van der Waals surface area (Å²) in [6, 6.07) is 21.5. The van der Waals surface area contributed by atoms with Gasteiger partial charge in [-0.05, 0) is 57.3 Å². The highest BCUT2D eigenvalue weighted by atomic mass is 16.5. The van der Waals surface area contributed by atoms with E-state index in [1.54, 1.807) is 14.2 Å². The number of hydrogen-bond donors (Lipinski definition) is 0. The van der Waals surface area contributed by atoms with Gasteiger partial charge in [0.1, 0.15) is 25.6 Å². The van der Waals surface area contributed by atoms with Gasteiger partial charge in [0.2, 0.25) is 0 Å². The summed E-state index contributed by atoms with van der Waals surface area (Å²) < 4.78 is 15.9. The second-order valence-electron chi connectivity index (χ2n) is 9.67. The lowest BCUT2D eigenvalue weighted by Crippen LogP contribution is -2.25. The largest absolute Gasteiger partial charge is 0.496 e. The molecule has 4 nitrogen and oxygen atoms in total. The lowest BCUT2D eigenvalue weighted by Gasteiger charge is -2.18. The molecule has 0 unspecified atom stereocenters. The molecular weight excluding hydrogens is 468 g/mol. The molecular formula is C34H30N2O2+2. The van der Waals surface area contributed by atoms with Crippen molar-refractivity contribution in [1.82, 2.24) is 0 Å². The minimum Gasteiger partial charge on any atom is -0.496 e. The lowest BCUT2D eigenvalue weighted by atomic mass is 9.88. The van der Waals surface area contributed by atoms with E-state index in [1.807, 2.05) is 23.2 Å². The molecule has 0 amide bonds. The second-order valence-corrected chi connectivity index (χ2v) is 9.67. The Morgan fingerprint density at radius 2 is 0.868 bits per heavy atom. The van der Waals surface area contributed by atoms with Crippen molar-refractivity contribution in [3.63, 3.8) is 0 Å². The maximum atomic E-state index is 5.90. The van der Waals surface area contributed by atoms with E-state index >= 15 is 0 Å². The van der Waals surface area contributed by atoms with Crippen molar-refractivity contribution in [1.29, 1.82) is 0 Å². The summed E-state index contributed by atoms with van der Waals surface area (Å²) in [6.07, 6.45) is 16.9. The standard InChI is InChI=1S/C34H30N2O2/c1-35-17-13-23(14-18-35)5-7-25-21-31(37-3)29-12-10-28-26(8-6-24-15-19-36(2)20-16-24)22-32(38-4)30-11-9-27(25)33(29)34(28)30/h5-22H,1-4H3/q+2/b7-5+,8-6+. The van der Waals surface area contributed by atoms with Gasteiger partial charge in [0, 0.05) is 45.8 Å². The fourth-order valence-corrected chi connectivity index (χ4v) is 5.21. The lowest BCUT2D eigenvalue weighted by molar-refractivity contribution is -0.671. The maximum Gasteiger partial charge on any atom is 0.169 e. The van der Waals surface area contributed by atoms with Crippen molar-refractivity contribution in [3.05, 3.63) is 108 Å². The second kappa shape index (κ2) is 9.64. The van der Waals surface area contributed by atoms with Crippen LogP contribution in [-0.2, 0) is 14.1 Å². The van der Waals surface area contributed by atoms with E-state index < -0.39 is 0 Å². The van der Waals surface area contributed by atoms with Gasteiger partial charge in [0.15, 0.2) is 24.8 Å². The van der Waals surface area contributed by atoms with Crippen molar-refractivity contribution < 1.29 is 18.6 Å². The Balaban J connectivity index is 1.59. The number of pyridine rings is 2. The van der Waals surface area contributed by atoms with E-state index in [2.05, 4.69) is 110 Å². The van der Waals surface area contributed by atoms with Gasteiger partial charge >= 0.3 is 0 Å². The highest BCUT2D eigenvalue weighted by molar-refractivity contribution is 6.28. The fourth-order valence-electron chi connectivity index (χ4n) is 5.21. The number of methoxy groups -OCH3 is 2. The zero-order valence-corrected chi connectivity index (χ0v) is 22.1. The number of ether oxygens (including phenoxy) is 2. The van der Waals surface area contributed by atoms with Gasteiger partial charge in [0.05, 0.1) is 14.2 Å². The Labute approximate surface area is 222 Å². The van der Waals surface area contributed by atoms with Crippen LogP contribution in [0.4, 0.5) is 0 Å². The third kappa shape index (κ3) is 4.14. The van der Waals surface area contributed by atoms with Crippen LogP contribution in [0.5, 0.6) is 11.5 Å². The van der Waals surface area contributed by atoms with Crippen molar-refractivity contribution >= 4 is 56.6 Å². The number of aryl methyl sites for hydroxylation is 2. The Hall–Kier alpha value is -4.70. The molecule has 2 heterocycles. The first-order chi connectivity index (χ1) is 18.6. The normalized spacial score (nSPS) is 12.0. The van der Waals surface area contributed by atoms with E-state index in [-0.39, 0.29) is 0 Å². The summed E-state index contributed by atoms with van der Waals surface area (Å²) in [5.74, 6) is 1.73. The summed E-state index contributed by atoms with van der Waals surface area (Å²) in [6.45, 7) is 0. The van der Waals surface area contributed by atoms with Crippen molar-refractivity contribution in [2.75, 3.05) is 14.2 Å². The number of aromatic nitrogens is 2. The molecule has 4 aromatic carbocycles. The van der Waals surface area contributed by atoms with Crippen LogP contribution in [0.1, 0.15) is 22.3 Å². The molecule has 0 radical (unpaired) electrons. The van der Waals surface area contributed by atoms with Crippen LogP contribution in [0, 0.1) is 0 Å². The smallest absolute Gasteiger partial charge is 0.169 e. The highest BCUT2D eigenvalue weighted by Gasteiger charge is 2.18. The van der Waals surface area contributed by atoms with E-state index in [1.165, 1.54) is 21.5 Å². The average molecular weight is 499 g/mol. The van der Waals surface area contributed by atoms with E-state index in [0.29, 0.717) is 0 Å². The molecule has 4 heteroatoms. The molecule has 6 aromatic rings.